The highest BCUT2D eigenvalue weighted by atomic mass is 32.2. The summed E-state index contributed by atoms with van der Waals surface area (Å²) in [5, 5.41) is 11.4. The molecule has 7 nitrogen and oxygen atoms in total. The quantitative estimate of drug-likeness (QED) is 0.879. The minimum absolute atomic E-state index is 0.0594. The van der Waals surface area contributed by atoms with Crippen LogP contribution >= 0.6 is 11.3 Å². The Kier molecular flexibility index (Phi) is 3.93. The number of nitrogens with one attached hydrogen (secondary N) is 1. The third kappa shape index (κ3) is 3.24. The van der Waals surface area contributed by atoms with Gasteiger partial charge >= 0.3 is 0 Å². The number of hydrogen-bond acceptors (Lipinski definition) is 6. The first kappa shape index (κ1) is 14.7. The zero-order chi connectivity index (χ0) is 14.9. The Morgan fingerprint density at radius 2 is 2.20 bits per heavy atom. The normalized spacial score (nSPS) is 13.2. The zero-order valence-electron chi connectivity index (χ0n) is 10.8. The molecule has 0 aliphatic heterocycles. The third-order valence-corrected chi connectivity index (χ3v) is 5.22. The lowest BCUT2D eigenvalue weighted by molar-refractivity contribution is 0.0903. The van der Waals surface area contributed by atoms with Gasteiger partial charge in [0.2, 0.25) is 15.8 Å². The lowest BCUT2D eigenvalue weighted by atomic mass is 10.2. The number of aromatic nitrogens is 1. The number of carbonyl (C=O) groups is 1. The summed E-state index contributed by atoms with van der Waals surface area (Å²) in [5.41, 5.74) is 0.607. The fourth-order valence-corrected chi connectivity index (χ4v) is 3.28. The summed E-state index contributed by atoms with van der Waals surface area (Å²) in [6, 6.07) is 4.18. The van der Waals surface area contributed by atoms with Crippen molar-refractivity contribution < 1.29 is 17.7 Å². The Morgan fingerprint density at radius 1 is 1.50 bits per heavy atom. The average molecular weight is 315 g/mol. The second-order valence-electron chi connectivity index (χ2n) is 4.23. The molecule has 0 fully saturated rings. The van der Waals surface area contributed by atoms with Gasteiger partial charge in [-0.3, -0.25) is 4.79 Å². The summed E-state index contributed by atoms with van der Waals surface area (Å²) in [6.45, 7) is 3.45. The largest absolute Gasteiger partial charge is 0.351 e. The molecule has 2 rings (SSSR count). The maximum absolute atomic E-state index is 11.9. The van der Waals surface area contributed by atoms with E-state index < -0.39 is 15.9 Å². The first-order valence-electron chi connectivity index (χ1n) is 5.64. The van der Waals surface area contributed by atoms with Crippen molar-refractivity contribution in [3.05, 3.63) is 34.5 Å². The fraction of sp³-hybridized carbons (Fsp3) is 0.273. The summed E-state index contributed by atoms with van der Waals surface area (Å²) in [7, 11) is -3.72. The molecule has 0 bridgehead atoms. The third-order valence-electron chi connectivity index (χ3n) is 2.51. The van der Waals surface area contributed by atoms with E-state index in [1.165, 1.54) is 12.1 Å². The van der Waals surface area contributed by atoms with Crippen molar-refractivity contribution in [2.24, 2.45) is 5.14 Å². The second kappa shape index (κ2) is 5.35. The van der Waals surface area contributed by atoms with Crippen molar-refractivity contribution in [1.82, 2.24) is 10.5 Å². The van der Waals surface area contributed by atoms with Gasteiger partial charge in [-0.1, -0.05) is 5.16 Å². The molecule has 0 aromatic carbocycles. The molecule has 2 aromatic heterocycles. The smallest absolute Gasteiger partial charge is 0.290 e. The molecule has 1 unspecified atom stereocenters. The number of thiophene rings is 1. The van der Waals surface area contributed by atoms with Crippen LogP contribution in [0.5, 0.6) is 0 Å². The average Bonchev–Trinajstić information content (AvgIpc) is 2.95. The van der Waals surface area contributed by atoms with Gasteiger partial charge in [0, 0.05) is 10.9 Å². The molecule has 20 heavy (non-hydrogen) atoms. The molecule has 0 radical (unpaired) electrons. The number of rotatable bonds is 4. The van der Waals surface area contributed by atoms with Crippen LogP contribution in [0.3, 0.4) is 0 Å². The van der Waals surface area contributed by atoms with E-state index in [9.17, 15) is 13.2 Å². The van der Waals surface area contributed by atoms with Gasteiger partial charge in [0.15, 0.2) is 0 Å². The monoisotopic (exact) mass is 315 g/mol. The highest BCUT2D eigenvalue weighted by molar-refractivity contribution is 7.91. The summed E-state index contributed by atoms with van der Waals surface area (Å²) >= 11 is 1.02. The molecular formula is C11H13N3O4S2. The van der Waals surface area contributed by atoms with Gasteiger partial charge in [-0.2, -0.15) is 0 Å². The number of nitrogens with zero attached hydrogens (tertiary/aromatic N) is 1. The Morgan fingerprint density at radius 3 is 2.70 bits per heavy atom. The Balaban J connectivity index is 2.10. The molecule has 0 aliphatic carbocycles. The highest BCUT2D eigenvalue weighted by Crippen LogP contribution is 2.25. The van der Waals surface area contributed by atoms with E-state index in [-0.39, 0.29) is 16.0 Å². The Hall–Kier alpha value is -1.71. The van der Waals surface area contributed by atoms with Crippen molar-refractivity contribution in [3.8, 4) is 0 Å². The van der Waals surface area contributed by atoms with Crippen LogP contribution in [-0.2, 0) is 10.0 Å². The van der Waals surface area contributed by atoms with Gasteiger partial charge in [0.25, 0.3) is 5.91 Å². The molecule has 0 aliphatic rings. The molecule has 0 spiro atoms. The number of carbonyl (C=O) groups excluding carboxylic acids is 1. The van der Waals surface area contributed by atoms with E-state index in [1.807, 2.05) is 0 Å². The lowest BCUT2D eigenvalue weighted by Crippen LogP contribution is -2.25. The van der Waals surface area contributed by atoms with Crippen LogP contribution in [0.25, 0.3) is 0 Å². The Bertz CT molecular complexity index is 732. The molecule has 1 amide bonds. The SMILES string of the molecule is Cc1cc(C(=O)NC(C)c2ccc(S(N)(=O)=O)s2)on1. The van der Waals surface area contributed by atoms with Crippen LogP contribution in [-0.4, -0.2) is 19.5 Å². The number of primary sulfonamides is 1. The molecule has 1 atom stereocenters. The van der Waals surface area contributed by atoms with Gasteiger partial charge in [0.1, 0.15) is 4.21 Å². The minimum Gasteiger partial charge on any atom is -0.351 e. The fourth-order valence-electron chi connectivity index (χ4n) is 1.53. The molecule has 2 aromatic rings. The first-order chi connectivity index (χ1) is 9.27. The number of amides is 1. The van der Waals surface area contributed by atoms with E-state index in [2.05, 4.69) is 10.5 Å². The van der Waals surface area contributed by atoms with Crippen molar-refractivity contribution in [3.63, 3.8) is 0 Å². The topological polar surface area (TPSA) is 115 Å². The van der Waals surface area contributed by atoms with E-state index in [0.717, 1.165) is 11.3 Å². The number of aryl methyl sites for hydroxylation is 1. The predicted octanol–water partition coefficient (Wildman–Crippen LogP) is 1.18. The van der Waals surface area contributed by atoms with Crippen molar-refractivity contribution in [2.45, 2.75) is 24.1 Å². The lowest BCUT2D eigenvalue weighted by Gasteiger charge is -2.10. The molecule has 9 heteroatoms. The van der Waals surface area contributed by atoms with E-state index >= 15 is 0 Å². The second-order valence-corrected chi connectivity index (χ2v) is 7.13. The molecular weight excluding hydrogens is 302 g/mol. The van der Waals surface area contributed by atoms with Crippen LogP contribution in [0.4, 0.5) is 0 Å². The number of sulfonamides is 1. The molecule has 3 N–H and O–H groups in total. The summed E-state index contributed by atoms with van der Waals surface area (Å²) in [6.07, 6.45) is 0. The van der Waals surface area contributed by atoms with Gasteiger partial charge < -0.3 is 9.84 Å². The summed E-state index contributed by atoms with van der Waals surface area (Å²) in [4.78, 5) is 12.5. The van der Waals surface area contributed by atoms with Crippen molar-refractivity contribution in [2.75, 3.05) is 0 Å². The molecule has 0 saturated carbocycles. The van der Waals surface area contributed by atoms with Crippen LogP contribution in [0.1, 0.15) is 34.1 Å². The highest BCUT2D eigenvalue weighted by Gasteiger charge is 2.18. The zero-order valence-corrected chi connectivity index (χ0v) is 12.4. The molecule has 0 saturated heterocycles. The maximum Gasteiger partial charge on any atom is 0.290 e. The van der Waals surface area contributed by atoms with E-state index in [4.69, 9.17) is 9.66 Å². The standard InChI is InChI=1S/C11H13N3O4S2/c1-6-5-8(18-14-6)11(15)13-7(2)9-3-4-10(19-9)20(12,16)17/h3-5,7H,1-2H3,(H,13,15)(H2,12,16,17). The maximum atomic E-state index is 11.9. The van der Waals surface area contributed by atoms with E-state index in [1.54, 1.807) is 19.9 Å². The van der Waals surface area contributed by atoms with Gasteiger partial charge in [0.05, 0.1) is 11.7 Å². The number of hydrogen-bond donors (Lipinski definition) is 2. The van der Waals surface area contributed by atoms with Crippen LogP contribution < -0.4 is 10.5 Å². The molecule has 2 heterocycles. The van der Waals surface area contributed by atoms with E-state index in [0.29, 0.717) is 10.6 Å². The van der Waals surface area contributed by atoms with Crippen LogP contribution in [0, 0.1) is 6.92 Å². The Labute approximate surface area is 119 Å². The van der Waals surface area contributed by atoms with Crippen molar-refractivity contribution in [1.29, 1.82) is 0 Å². The molecule has 108 valence electrons. The first-order valence-corrected chi connectivity index (χ1v) is 8.00. The van der Waals surface area contributed by atoms with Crippen molar-refractivity contribution >= 4 is 27.3 Å². The van der Waals surface area contributed by atoms with Crippen LogP contribution in [0.15, 0.2) is 26.9 Å². The minimum atomic E-state index is -3.72. The summed E-state index contributed by atoms with van der Waals surface area (Å²) < 4.78 is 27.3. The van der Waals surface area contributed by atoms with Gasteiger partial charge in [-0.15, -0.1) is 11.3 Å². The van der Waals surface area contributed by atoms with Gasteiger partial charge in [-0.25, -0.2) is 13.6 Å². The number of nitrogens with two attached hydrogens (primary N) is 1. The summed E-state index contributed by atoms with van der Waals surface area (Å²) in [5.74, 6) is -0.304. The van der Waals surface area contributed by atoms with Gasteiger partial charge in [-0.05, 0) is 26.0 Å². The van der Waals surface area contributed by atoms with Crippen LogP contribution in [0.2, 0.25) is 0 Å². The predicted molar refractivity (Wildman–Crippen MR) is 72.8 cm³/mol.